The van der Waals surface area contributed by atoms with Gasteiger partial charge < -0.3 is 0 Å². The molecule has 0 saturated carbocycles. The van der Waals surface area contributed by atoms with Crippen molar-refractivity contribution in [3.05, 3.63) is 34.2 Å². The van der Waals surface area contributed by atoms with Crippen molar-refractivity contribution in [3.8, 4) is 0 Å². The second kappa shape index (κ2) is 7.69. The van der Waals surface area contributed by atoms with E-state index in [1.807, 2.05) is 0 Å². The van der Waals surface area contributed by atoms with Crippen LogP contribution in [-0.2, 0) is 24.7 Å². The molecule has 0 N–H and O–H groups in total. The van der Waals surface area contributed by atoms with Gasteiger partial charge in [-0.15, -0.1) is 6.58 Å². The average Bonchev–Trinajstić information content (AvgIpc) is 2.40. The quantitative estimate of drug-likeness (QED) is 0.510. The average molecular weight is 277 g/mol. The number of hydrogen-bond donors (Lipinski definition) is 0. The Labute approximate surface area is 86.1 Å². The second-order valence-electron chi connectivity index (χ2n) is 1.77. The van der Waals surface area contributed by atoms with Gasteiger partial charge in [-0.1, -0.05) is 22.0 Å². The minimum atomic E-state index is 0.896. The van der Waals surface area contributed by atoms with Crippen LogP contribution < -0.4 is 0 Å². The molecule has 1 rings (SSSR count). The van der Waals surface area contributed by atoms with E-state index in [4.69, 9.17) is 0 Å². The molecule has 0 nitrogen and oxygen atoms in total. The van der Waals surface area contributed by atoms with E-state index in [9.17, 15) is 0 Å². The van der Waals surface area contributed by atoms with Gasteiger partial charge in [0.15, 0.2) is 0 Å². The van der Waals surface area contributed by atoms with E-state index in [2.05, 4.69) is 40.7 Å². The molecule has 1 aliphatic carbocycles. The molecule has 10 heavy (non-hydrogen) atoms. The summed E-state index contributed by atoms with van der Waals surface area (Å²) in [5.74, 6) is 0. The van der Waals surface area contributed by atoms with Crippen LogP contribution in [0, 0.1) is 0 Å². The van der Waals surface area contributed by atoms with Crippen molar-refractivity contribution in [1.82, 2.24) is 0 Å². The third-order valence-electron chi connectivity index (χ3n) is 0.880. The van der Waals surface area contributed by atoms with Gasteiger partial charge >= 0.3 is 52.6 Å². The molecular formula is C8H10BrZr. The van der Waals surface area contributed by atoms with E-state index in [1.165, 1.54) is 6.42 Å². The van der Waals surface area contributed by atoms with Gasteiger partial charge in [-0.2, -0.15) is 0 Å². The number of halogens is 1. The van der Waals surface area contributed by atoms with Crippen molar-refractivity contribution in [1.29, 1.82) is 0 Å². The Hall–Kier alpha value is 0.583. The standard InChI is InChI=1S/C5H5.C3H5Br.Zr/c1-2-4-5-3-1;1-2-3-4;/h1-3H,4H2;2H,1,3H2;. The summed E-state index contributed by atoms with van der Waals surface area (Å²) < 4.78 is 1.56. The van der Waals surface area contributed by atoms with Crippen molar-refractivity contribution in [2.45, 2.75) is 6.42 Å². The first-order valence-electron chi connectivity index (χ1n) is 3.05. The van der Waals surface area contributed by atoms with E-state index in [0.29, 0.717) is 0 Å². The molecule has 0 bridgehead atoms. The topological polar surface area (TPSA) is 0 Å². The first-order chi connectivity index (χ1) is 4.81. The van der Waals surface area contributed by atoms with Gasteiger partial charge in [0.25, 0.3) is 0 Å². The van der Waals surface area contributed by atoms with E-state index in [-0.39, 0.29) is 0 Å². The Morgan fingerprint density at radius 2 is 2.40 bits per heavy atom. The van der Waals surface area contributed by atoms with Crippen LogP contribution in [0.3, 0.4) is 0 Å². The predicted molar refractivity (Wildman–Crippen MR) is 45.8 cm³/mol. The van der Waals surface area contributed by atoms with Crippen LogP contribution >= 0.6 is 15.9 Å². The monoisotopic (exact) mass is 275 g/mol. The Bertz CT molecular complexity index is 147. The van der Waals surface area contributed by atoms with Gasteiger partial charge in [-0.3, -0.25) is 0 Å². The molecular weight excluding hydrogens is 267 g/mol. The summed E-state index contributed by atoms with van der Waals surface area (Å²) in [5, 5.41) is 0.896. The molecule has 0 heterocycles. The number of hydrogen-bond acceptors (Lipinski definition) is 0. The first-order valence-corrected chi connectivity index (χ1v) is 5.40. The molecule has 0 amide bonds. The Morgan fingerprint density at radius 1 is 1.80 bits per heavy atom. The molecule has 0 spiro atoms. The van der Waals surface area contributed by atoms with Crippen molar-refractivity contribution in [2.24, 2.45) is 0 Å². The molecule has 0 saturated heterocycles. The first kappa shape index (κ1) is 10.6. The Balaban J connectivity index is 0.000000180. The Kier molecular flexibility index (Phi) is 8.14. The fourth-order valence-electron chi connectivity index (χ4n) is 0.447. The summed E-state index contributed by atoms with van der Waals surface area (Å²) in [7, 11) is 0. The van der Waals surface area contributed by atoms with E-state index in [0.717, 1.165) is 5.33 Å². The van der Waals surface area contributed by atoms with Crippen LogP contribution in [0.25, 0.3) is 0 Å². The maximum atomic E-state index is 3.43. The molecule has 0 aliphatic heterocycles. The zero-order valence-electron chi connectivity index (χ0n) is 5.81. The molecule has 53 valence electrons. The number of rotatable bonds is 1. The molecule has 2 heteroatoms. The van der Waals surface area contributed by atoms with Crippen molar-refractivity contribution >= 4 is 15.9 Å². The van der Waals surface area contributed by atoms with E-state index in [1.54, 1.807) is 34.1 Å². The third kappa shape index (κ3) is 6.70. The minimum absolute atomic E-state index is 0.896. The van der Waals surface area contributed by atoms with Crippen LogP contribution in [0.2, 0.25) is 0 Å². The van der Waals surface area contributed by atoms with Crippen LogP contribution in [0.1, 0.15) is 6.42 Å². The fraction of sp³-hybridized carbons (Fsp3) is 0.250. The molecule has 0 radical (unpaired) electrons. The third-order valence-corrected chi connectivity index (χ3v) is 2.25. The van der Waals surface area contributed by atoms with Crippen molar-refractivity contribution < 1.29 is 24.7 Å². The number of alkyl halides is 1. The SMILES string of the molecule is C=CCBr.[Zr][C]1=CC=CC1. The molecule has 0 aromatic heterocycles. The van der Waals surface area contributed by atoms with E-state index < -0.39 is 0 Å². The van der Waals surface area contributed by atoms with E-state index >= 15 is 0 Å². The summed E-state index contributed by atoms with van der Waals surface area (Å²) in [6.07, 6.45) is 9.48. The van der Waals surface area contributed by atoms with Crippen LogP contribution in [0.4, 0.5) is 0 Å². The summed E-state index contributed by atoms with van der Waals surface area (Å²) in [6, 6.07) is 0. The zero-order valence-corrected chi connectivity index (χ0v) is 9.85. The molecule has 0 unspecified atom stereocenters. The van der Waals surface area contributed by atoms with Crippen molar-refractivity contribution in [2.75, 3.05) is 5.33 Å². The van der Waals surface area contributed by atoms with Gasteiger partial charge in [0.2, 0.25) is 0 Å². The molecule has 0 aromatic rings. The number of allylic oxidation sites excluding steroid dienone is 5. The van der Waals surface area contributed by atoms with Gasteiger partial charge in [-0.25, -0.2) is 0 Å². The van der Waals surface area contributed by atoms with Gasteiger partial charge in [-0.05, 0) is 0 Å². The zero-order chi connectivity index (χ0) is 7.82. The predicted octanol–water partition coefficient (Wildman–Crippen LogP) is 2.94. The molecule has 1 aliphatic rings. The summed E-state index contributed by atoms with van der Waals surface area (Å²) in [5.41, 5.74) is 0. The normalized spacial score (nSPS) is 13.4. The molecule has 0 atom stereocenters. The maximum absolute atomic E-state index is 3.43. The van der Waals surface area contributed by atoms with Crippen LogP contribution in [0.15, 0.2) is 34.2 Å². The second-order valence-corrected chi connectivity index (χ2v) is 3.99. The summed E-state index contributed by atoms with van der Waals surface area (Å²) in [4.78, 5) is 0. The molecule has 0 aromatic carbocycles. The van der Waals surface area contributed by atoms with Crippen LogP contribution in [0.5, 0.6) is 0 Å². The van der Waals surface area contributed by atoms with Crippen LogP contribution in [-0.4, -0.2) is 5.33 Å². The summed E-state index contributed by atoms with van der Waals surface area (Å²) in [6.45, 7) is 3.43. The molecule has 0 fully saturated rings. The van der Waals surface area contributed by atoms with Crippen molar-refractivity contribution in [3.63, 3.8) is 0 Å². The fourth-order valence-corrected chi connectivity index (χ4v) is 0.973. The van der Waals surface area contributed by atoms with Gasteiger partial charge in [0.1, 0.15) is 0 Å². The summed E-state index contributed by atoms with van der Waals surface area (Å²) >= 11 is 4.69. The van der Waals surface area contributed by atoms with Gasteiger partial charge in [0, 0.05) is 5.33 Å². The van der Waals surface area contributed by atoms with Gasteiger partial charge in [0.05, 0.1) is 0 Å². The Morgan fingerprint density at radius 3 is 2.50 bits per heavy atom.